The molecule has 2 N–H and O–H groups in total. The minimum atomic E-state index is -0.880. The molecule has 4 heterocycles. The monoisotopic (exact) mass is 660 g/mol. The molecule has 6 rings (SSSR count). The van der Waals surface area contributed by atoms with Gasteiger partial charge in [-0.25, -0.2) is 14.8 Å². The Bertz CT molecular complexity index is 1870. The van der Waals surface area contributed by atoms with Crippen molar-refractivity contribution in [3.63, 3.8) is 0 Å². The number of hydrogen-bond acceptors (Lipinski definition) is 13. The van der Waals surface area contributed by atoms with Gasteiger partial charge in [0, 0.05) is 48.2 Å². The van der Waals surface area contributed by atoms with Gasteiger partial charge in [-0.2, -0.15) is 0 Å². The van der Waals surface area contributed by atoms with Crippen LogP contribution in [0.15, 0.2) is 71.2 Å². The molecule has 6 aromatic rings. The minimum absolute atomic E-state index is 0.303. The molecular weight excluding hydrogens is 633 g/mol. The number of nitrogens with one attached hydrogen (secondary N) is 2. The highest BCUT2D eigenvalue weighted by molar-refractivity contribution is 7.98. The molecule has 0 aliphatic rings. The molecule has 2 aromatic carbocycles. The second-order valence-corrected chi connectivity index (χ2v) is 11.4. The van der Waals surface area contributed by atoms with E-state index in [9.17, 15) is 4.79 Å². The predicted molar refractivity (Wildman–Crippen MR) is 173 cm³/mol. The second-order valence-electron chi connectivity index (χ2n) is 9.46. The Morgan fingerprint density at radius 1 is 0.652 bits per heavy atom. The Morgan fingerprint density at radius 2 is 1.11 bits per heavy atom. The Balaban J connectivity index is 1.07. The minimum Gasteiger partial charge on any atom is -0.493 e. The molecule has 0 bridgehead atoms. The summed E-state index contributed by atoms with van der Waals surface area (Å²) >= 11 is 2.91. The van der Waals surface area contributed by atoms with E-state index < -0.39 is 6.16 Å². The van der Waals surface area contributed by atoms with Crippen LogP contribution in [0.5, 0.6) is 34.5 Å². The molecule has 0 aliphatic carbocycles. The first-order chi connectivity index (χ1) is 22.5. The first-order valence-electron chi connectivity index (χ1n) is 13.7. The number of ether oxygens (including phenoxy) is 6. The number of thioether (sulfide) groups is 2. The van der Waals surface area contributed by atoms with Crippen molar-refractivity contribution in [1.29, 1.82) is 0 Å². The second kappa shape index (κ2) is 13.9. The Labute approximate surface area is 271 Å². The molecule has 13 nitrogen and oxygen atoms in total. The third-order valence-corrected chi connectivity index (χ3v) is 8.46. The quantitative estimate of drug-likeness (QED) is 0.0842. The Morgan fingerprint density at radius 3 is 1.52 bits per heavy atom. The lowest BCUT2D eigenvalue weighted by molar-refractivity contribution is 0.152. The summed E-state index contributed by atoms with van der Waals surface area (Å²) in [6, 6.07) is 13.7. The van der Waals surface area contributed by atoms with Crippen LogP contribution in [0.4, 0.5) is 4.79 Å². The summed E-state index contributed by atoms with van der Waals surface area (Å²) in [5.74, 6) is 4.00. The van der Waals surface area contributed by atoms with Crippen LogP contribution < -0.4 is 28.4 Å². The molecule has 0 amide bonds. The molecule has 0 radical (unpaired) electrons. The molecule has 0 unspecified atom stereocenters. The van der Waals surface area contributed by atoms with Crippen LogP contribution in [0.1, 0.15) is 11.4 Å². The highest BCUT2D eigenvalue weighted by Gasteiger charge is 2.16. The van der Waals surface area contributed by atoms with Gasteiger partial charge in [0.15, 0.2) is 33.3 Å². The van der Waals surface area contributed by atoms with Crippen LogP contribution in [0.3, 0.4) is 0 Å². The molecule has 0 fully saturated rings. The van der Waals surface area contributed by atoms with E-state index in [0.717, 1.165) is 11.4 Å². The van der Waals surface area contributed by atoms with E-state index in [1.54, 1.807) is 89.4 Å². The zero-order valence-electron chi connectivity index (χ0n) is 25.2. The van der Waals surface area contributed by atoms with Crippen molar-refractivity contribution in [3.05, 3.63) is 72.3 Å². The number of H-pyrrole nitrogens is 2. The zero-order chi connectivity index (χ0) is 32.0. The smallest absolute Gasteiger partial charge is 0.493 e. The number of imidazole rings is 2. The van der Waals surface area contributed by atoms with E-state index in [1.807, 2.05) is 0 Å². The molecule has 46 heavy (non-hydrogen) atoms. The van der Waals surface area contributed by atoms with E-state index in [0.29, 0.717) is 78.4 Å². The van der Waals surface area contributed by atoms with Crippen molar-refractivity contribution < 1.29 is 33.2 Å². The van der Waals surface area contributed by atoms with Crippen molar-refractivity contribution in [2.45, 2.75) is 21.8 Å². The normalized spacial score (nSPS) is 11.0. The van der Waals surface area contributed by atoms with Gasteiger partial charge >= 0.3 is 6.16 Å². The third kappa shape index (κ3) is 6.74. The zero-order valence-corrected chi connectivity index (χ0v) is 26.8. The highest BCUT2D eigenvalue weighted by Crippen LogP contribution is 2.35. The summed E-state index contributed by atoms with van der Waals surface area (Å²) in [4.78, 5) is 37.1. The van der Waals surface area contributed by atoms with E-state index in [2.05, 4.69) is 29.9 Å². The molecule has 0 saturated carbocycles. The van der Waals surface area contributed by atoms with Crippen LogP contribution in [-0.2, 0) is 11.5 Å². The van der Waals surface area contributed by atoms with E-state index in [1.165, 1.54) is 23.5 Å². The molecule has 4 aromatic heterocycles. The summed E-state index contributed by atoms with van der Waals surface area (Å²) in [7, 11) is 6.32. The number of methoxy groups -OCH3 is 4. The molecule has 0 spiro atoms. The Kier molecular flexibility index (Phi) is 9.30. The number of hydrogen-bond donors (Lipinski definition) is 2. The maximum absolute atomic E-state index is 12.6. The summed E-state index contributed by atoms with van der Waals surface area (Å²) in [5, 5.41) is 1.34. The fraction of sp³-hybridized carbons (Fsp3) is 0.194. The Hall–Kier alpha value is -5.15. The largest absolute Gasteiger partial charge is 0.519 e. The number of rotatable bonds is 12. The molecule has 0 saturated heterocycles. The first-order valence-corrected chi connectivity index (χ1v) is 15.7. The van der Waals surface area contributed by atoms with Gasteiger partial charge in [-0.15, -0.1) is 0 Å². The molecule has 15 heteroatoms. The standard InChI is InChI=1S/C31H28N6O7S2/c1-39-25-9-11-32-23(27(25)41-3)15-45-29-34-19-7-5-17(13-21(19)36-29)43-31(38)44-18-6-8-20-22(14-18)37-30(35-20)46-16-24-28(42-4)26(40-2)10-12-33-24/h5-14H,15-16H2,1-4H3,(H,34,36)(H,35,37). The van der Waals surface area contributed by atoms with Crippen LogP contribution >= 0.6 is 23.5 Å². The number of carbonyl (C=O) groups is 1. The molecule has 0 aliphatic heterocycles. The summed E-state index contributed by atoms with van der Waals surface area (Å²) < 4.78 is 32.5. The van der Waals surface area contributed by atoms with Gasteiger partial charge in [-0.3, -0.25) is 9.97 Å². The van der Waals surface area contributed by atoms with Crippen molar-refractivity contribution in [1.82, 2.24) is 29.9 Å². The van der Waals surface area contributed by atoms with E-state index >= 15 is 0 Å². The third-order valence-electron chi connectivity index (χ3n) is 6.69. The number of aromatic nitrogens is 6. The van der Waals surface area contributed by atoms with Crippen LogP contribution in [-0.4, -0.2) is 64.5 Å². The summed E-state index contributed by atoms with van der Waals surface area (Å²) in [6.07, 6.45) is 2.46. The topological polar surface area (TPSA) is 156 Å². The van der Waals surface area contributed by atoms with Crippen molar-refractivity contribution >= 4 is 51.7 Å². The van der Waals surface area contributed by atoms with Crippen molar-refractivity contribution in [3.8, 4) is 34.5 Å². The number of pyridine rings is 2. The predicted octanol–water partition coefficient (Wildman–Crippen LogP) is 6.43. The van der Waals surface area contributed by atoms with Gasteiger partial charge in [0.05, 0.1) is 61.9 Å². The maximum Gasteiger partial charge on any atom is 0.519 e. The molecule has 0 atom stereocenters. The average Bonchev–Trinajstić information content (AvgIpc) is 3.68. The SMILES string of the molecule is COc1ccnc(CSc2nc3ccc(OC(=O)Oc4ccc5nc(SCc6nccc(OC)c6OC)[nH]c5c4)cc3[nH]2)c1OC. The number of nitrogens with zero attached hydrogens (tertiary/aromatic N) is 4. The number of fused-ring (bicyclic) bond motifs is 2. The lowest BCUT2D eigenvalue weighted by Gasteiger charge is -2.10. The van der Waals surface area contributed by atoms with Gasteiger partial charge in [-0.05, 0) is 24.3 Å². The summed E-state index contributed by atoms with van der Waals surface area (Å²) in [5.41, 5.74) is 4.29. The number of aromatic amines is 2. The summed E-state index contributed by atoms with van der Waals surface area (Å²) in [6.45, 7) is 0. The lowest BCUT2D eigenvalue weighted by atomic mass is 10.3. The van der Waals surface area contributed by atoms with Gasteiger partial charge in [0.25, 0.3) is 0 Å². The van der Waals surface area contributed by atoms with Gasteiger partial charge in [-0.1, -0.05) is 23.5 Å². The van der Waals surface area contributed by atoms with Gasteiger partial charge < -0.3 is 38.4 Å². The number of carbonyl (C=O) groups excluding carboxylic acids is 1. The fourth-order valence-corrected chi connectivity index (χ4v) is 6.24. The average molecular weight is 661 g/mol. The highest BCUT2D eigenvalue weighted by atomic mass is 32.2. The molecular formula is C31H28N6O7S2. The lowest BCUT2D eigenvalue weighted by Crippen LogP contribution is -2.13. The van der Waals surface area contributed by atoms with E-state index in [4.69, 9.17) is 28.4 Å². The van der Waals surface area contributed by atoms with Gasteiger partial charge in [0.1, 0.15) is 11.5 Å². The van der Waals surface area contributed by atoms with Crippen LogP contribution in [0.25, 0.3) is 22.1 Å². The van der Waals surface area contributed by atoms with Crippen LogP contribution in [0, 0.1) is 0 Å². The first kappa shape index (κ1) is 30.9. The maximum atomic E-state index is 12.6. The number of benzene rings is 2. The van der Waals surface area contributed by atoms with Crippen molar-refractivity contribution in [2.75, 3.05) is 28.4 Å². The van der Waals surface area contributed by atoms with E-state index in [-0.39, 0.29) is 0 Å². The van der Waals surface area contributed by atoms with Crippen molar-refractivity contribution in [2.24, 2.45) is 0 Å². The fourth-order valence-electron chi connectivity index (χ4n) is 4.59. The van der Waals surface area contributed by atoms with Gasteiger partial charge in [0.2, 0.25) is 0 Å². The van der Waals surface area contributed by atoms with Crippen LogP contribution in [0.2, 0.25) is 0 Å². The molecule has 236 valence electrons.